The molecule has 0 unspecified atom stereocenters. The maximum Gasteiger partial charge on any atom is 0.166 e. The normalized spacial score (nSPS) is 10.2. The Morgan fingerprint density at radius 2 is 2.09 bits per heavy atom. The van der Waals surface area contributed by atoms with Gasteiger partial charge >= 0.3 is 0 Å². The second kappa shape index (κ2) is 6.63. The first-order valence-electron chi connectivity index (χ1n) is 6.69. The molecule has 1 aromatic carbocycles. The van der Waals surface area contributed by atoms with Gasteiger partial charge < -0.3 is 4.90 Å². The molecular weight excluding hydrogens is 317 g/mol. The van der Waals surface area contributed by atoms with Crippen LogP contribution in [0, 0.1) is 18.2 Å². The molecule has 118 valence electrons. The van der Waals surface area contributed by atoms with Gasteiger partial charge in [-0.25, -0.2) is 19.3 Å². The van der Waals surface area contributed by atoms with E-state index >= 15 is 0 Å². The molecule has 0 N–H and O–H groups in total. The molecule has 2 aromatic heterocycles. The zero-order valence-corrected chi connectivity index (χ0v) is 13.5. The van der Waals surface area contributed by atoms with Crippen molar-refractivity contribution in [1.29, 1.82) is 0 Å². The summed E-state index contributed by atoms with van der Waals surface area (Å²) in [6, 6.07) is 6.25. The molecule has 7 heteroatoms. The zero-order chi connectivity index (χ0) is 15.7. The zero-order valence-electron chi connectivity index (χ0n) is 12.7. The van der Waals surface area contributed by atoms with Gasteiger partial charge in [0.15, 0.2) is 17.0 Å². The molecule has 3 aromatic rings. The summed E-state index contributed by atoms with van der Waals surface area (Å²) in [6.45, 7) is 0.298. The van der Waals surface area contributed by atoms with Crippen molar-refractivity contribution in [2.24, 2.45) is 0 Å². The van der Waals surface area contributed by atoms with Crippen molar-refractivity contribution in [1.82, 2.24) is 19.5 Å². The summed E-state index contributed by atoms with van der Waals surface area (Å²) in [7, 11) is 3.76. The van der Waals surface area contributed by atoms with Crippen molar-refractivity contribution in [3.8, 4) is 23.7 Å². The van der Waals surface area contributed by atoms with E-state index in [1.165, 1.54) is 18.5 Å². The number of terminal acetylenes is 1. The Hall–Kier alpha value is -2.65. The van der Waals surface area contributed by atoms with E-state index in [1.807, 2.05) is 19.0 Å². The van der Waals surface area contributed by atoms with Gasteiger partial charge in [0.25, 0.3) is 0 Å². The number of rotatable bonds is 3. The average Bonchev–Trinajstić information content (AvgIpc) is 2.86. The first kappa shape index (κ1) is 16.7. The fourth-order valence-electron chi connectivity index (χ4n) is 2.34. The monoisotopic (exact) mass is 331 g/mol. The van der Waals surface area contributed by atoms with Crippen molar-refractivity contribution < 1.29 is 4.39 Å². The van der Waals surface area contributed by atoms with Gasteiger partial charge in [0, 0.05) is 19.7 Å². The van der Waals surface area contributed by atoms with Gasteiger partial charge in [-0.3, -0.25) is 4.57 Å². The van der Waals surface area contributed by atoms with Gasteiger partial charge in [-0.2, -0.15) is 0 Å². The third-order valence-electron chi connectivity index (χ3n) is 3.27. The van der Waals surface area contributed by atoms with E-state index in [0.29, 0.717) is 34.9 Å². The molecular formula is C16H15ClFN5. The van der Waals surface area contributed by atoms with E-state index in [1.54, 1.807) is 16.7 Å². The van der Waals surface area contributed by atoms with Gasteiger partial charge in [0.1, 0.15) is 18.0 Å². The van der Waals surface area contributed by atoms with Crippen LogP contribution in [-0.2, 0) is 6.54 Å². The molecule has 0 aliphatic carbocycles. The maximum absolute atomic E-state index is 13.5. The highest BCUT2D eigenvalue weighted by atomic mass is 35.5. The largest absolute Gasteiger partial charge is 0.361 e. The Labute approximate surface area is 139 Å². The van der Waals surface area contributed by atoms with Gasteiger partial charge in [-0.05, 0) is 12.1 Å². The SMILES string of the molecule is C#CCn1c(-c2cccc(F)c2)nc2c(N(C)C)ncnc21.Cl. The van der Waals surface area contributed by atoms with Crippen LogP contribution in [0.25, 0.3) is 22.6 Å². The molecule has 3 rings (SSSR count). The summed E-state index contributed by atoms with van der Waals surface area (Å²) in [4.78, 5) is 15.0. The van der Waals surface area contributed by atoms with Gasteiger partial charge in [0.2, 0.25) is 0 Å². The number of hydrogen-bond donors (Lipinski definition) is 0. The van der Waals surface area contributed by atoms with E-state index in [4.69, 9.17) is 6.42 Å². The minimum absolute atomic E-state index is 0. The summed E-state index contributed by atoms with van der Waals surface area (Å²) in [5.41, 5.74) is 1.93. The number of imidazole rings is 1. The quantitative estimate of drug-likeness (QED) is 0.692. The minimum atomic E-state index is -0.323. The molecule has 0 bridgehead atoms. The lowest BCUT2D eigenvalue weighted by Crippen LogP contribution is -2.11. The van der Waals surface area contributed by atoms with Crippen molar-refractivity contribution >= 4 is 29.4 Å². The highest BCUT2D eigenvalue weighted by Crippen LogP contribution is 2.27. The van der Waals surface area contributed by atoms with Crippen molar-refractivity contribution in [3.63, 3.8) is 0 Å². The van der Waals surface area contributed by atoms with Crippen LogP contribution >= 0.6 is 12.4 Å². The second-order valence-corrected chi connectivity index (χ2v) is 5.00. The lowest BCUT2D eigenvalue weighted by atomic mass is 10.2. The van der Waals surface area contributed by atoms with Crippen LogP contribution in [0.5, 0.6) is 0 Å². The summed E-state index contributed by atoms with van der Waals surface area (Å²) < 4.78 is 15.3. The van der Waals surface area contributed by atoms with Crippen molar-refractivity contribution in [2.45, 2.75) is 6.54 Å². The van der Waals surface area contributed by atoms with Gasteiger partial charge in [0.05, 0.1) is 6.54 Å². The minimum Gasteiger partial charge on any atom is -0.361 e. The third kappa shape index (κ3) is 2.96. The summed E-state index contributed by atoms with van der Waals surface area (Å²) in [6.07, 6.45) is 6.93. The summed E-state index contributed by atoms with van der Waals surface area (Å²) >= 11 is 0. The Kier molecular flexibility index (Phi) is 4.82. The number of anilines is 1. The molecule has 0 saturated carbocycles. The summed E-state index contributed by atoms with van der Waals surface area (Å²) in [5.74, 6) is 3.54. The molecule has 0 saturated heterocycles. The molecule has 5 nitrogen and oxygen atoms in total. The number of halogens is 2. The number of fused-ring (bicyclic) bond motifs is 1. The Bertz CT molecular complexity index is 882. The lowest BCUT2D eigenvalue weighted by molar-refractivity contribution is 0.628. The fourth-order valence-corrected chi connectivity index (χ4v) is 2.34. The predicted octanol–water partition coefficient (Wildman–Crippen LogP) is 2.75. The van der Waals surface area contributed by atoms with E-state index < -0.39 is 0 Å². The van der Waals surface area contributed by atoms with E-state index in [9.17, 15) is 4.39 Å². The number of aromatic nitrogens is 4. The van der Waals surface area contributed by atoms with Crippen LogP contribution in [0.3, 0.4) is 0 Å². The van der Waals surface area contributed by atoms with Gasteiger partial charge in [-0.15, -0.1) is 18.8 Å². The molecule has 2 heterocycles. The van der Waals surface area contributed by atoms with Gasteiger partial charge in [-0.1, -0.05) is 18.1 Å². The van der Waals surface area contributed by atoms with Crippen LogP contribution in [0.15, 0.2) is 30.6 Å². The van der Waals surface area contributed by atoms with E-state index in [0.717, 1.165) is 0 Å². The van der Waals surface area contributed by atoms with Crippen LogP contribution < -0.4 is 4.90 Å². The van der Waals surface area contributed by atoms with Crippen molar-refractivity contribution in [2.75, 3.05) is 19.0 Å². The molecule has 0 fully saturated rings. The smallest absolute Gasteiger partial charge is 0.166 e. The first-order chi connectivity index (χ1) is 10.6. The molecule has 0 amide bonds. The van der Waals surface area contributed by atoms with Crippen molar-refractivity contribution in [3.05, 3.63) is 36.4 Å². The Morgan fingerprint density at radius 3 is 2.74 bits per heavy atom. The lowest BCUT2D eigenvalue weighted by Gasteiger charge is -2.10. The standard InChI is InChI=1S/C16H14FN5.ClH/c1-4-8-22-14(11-6-5-7-12(17)9-11)20-13-15(21(2)3)18-10-19-16(13)22;/h1,5-7,9-10H,8H2,2-3H3;1H. The number of nitrogens with zero attached hydrogens (tertiary/aromatic N) is 5. The first-order valence-corrected chi connectivity index (χ1v) is 6.69. The van der Waals surface area contributed by atoms with Crippen LogP contribution in [0.1, 0.15) is 0 Å². The van der Waals surface area contributed by atoms with Crippen LogP contribution in [-0.4, -0.2) is 33.6 Å². The highest BCUT2D eigenvalue weighted by molar-refractivity contribution is 5.86. The Morgan fingerprint density at radius 1 is 1.30 bits per heavy atom. The Balaban J connectivity index is 0.00000192. The number of hydrogen-bond acceptors (Lipinski definition) is 4. The maximum atomic E-state index is 13.5. The van der Waals surface area contributed by atoms with E-state index in [2.05, 4.69) is 20.9 Å². The third-order valence-corrected chi connectivity index (χ3v) is 3.27. The van der Waals surface area contributed by atoms with Crippen LogP contribution in [0.4, 0.5) is 10.2 Å². The average molecular weight is 332 g/mol. The molecule has 0 aliphatic rings. The molecule has 0 radical (unpaired) electrons. The summed E-state index contributed by atoms with van der Waals surface area (Å²) in [5, 5.41) is 0. The predicted molar refractivity (Wildman–Crippen MR) is 91.1 cm³/mol. The molecule has 0 atom stereocenters. The second-order valence-electron chi connectivity index (χ2n) is 5.00. The highest BCUT2D eigenvalue weighted by Gasteiger charge is 2.17. The molecule has 23 heavy (non-hydrogen) atoms. The van der Waals surface area contributed by atoms with Crippen LogP contribution in [0.2, 0.25) is 0 Å². The van der Waals surface area contributed by atoms with E-state index in [-0.39, 0.29) is 18.2 Å². The fraction of sp³-hybridized carbons (Fsp3) is 0.188. The molecule has 0 spiro atoms. The molecule has 0 aliphatic heterocycles. The topological polar surface area (TPSA) is 46.8 Å². The number of benzene rings is 1.